The number of anilines is 1. The highest BCUT2D eigenvalue weighted by molar-refractivity contribution is 7.82. The van der Waals surface area contributed by atoms with Gasteiger partial charge in [-0.15, -0.1) is 0 Å². The van der Waals surface area contributed by atoms with Crippen LogP contribution in [0, 0.1) is 0 Å². The normalized spacial score (nSPS) is 16.5. The second-order valence-corrected chi connectivity index (χ2v) is 8.59. The van der Waals surface area contributed by atoms with E-state index in [0.29, 0.717) is 19.0 Å². The largest absolute Gasteiger partial charge is 0.475 e. The average Bonchev–Trinajstić information content (AvgIpc) is 3.16. The van der Waals surface area contributed by atoms with Crippen LogP contribution in [0.25, 0.3) is 22.2 Å². The lowest BCUT2D eigenvalue weighted by molar-refractivity contribution is 0.230. The number of fused-ring (bicyclic) bond motifs is 1. The molecule has 1 atom stereocenters. The van der Waals surface area contributed by atoms with E-state index in [2.05, 4.69) is 20.2 Å². The van der Waals surface area contributed by atoms with Gasteiger partial charge in [0.05, 0.1) is 17.8 Å². The van der Waals surface area contributed by atoms with Gasteiger partial charge in [-0.05, 0) is 26.0 Å². The van der Waals surface area contributed by atoms with Gasteiger partial charge in [0.25, 0.3) is 0 Å². The molecule has 1 unspecified atom stereocenters. The van der Waals surface area contributed by atoms with E-state index in [1.807, 2.05) is 36.9 Å². The van der Waals surface area contributed by atoms with Crippen molar-refractivity contribution in [2.24, 2.45) is 0 Å². The Balaban J connectivity index is 1.56. The minimum atomic E-state index is -2.86. The monoisotopic (exact) mass is 436 g/mol. The van der Waals surface area contributed by atoms with Gasteiger partial charge in [0.1, 0.15) is 11.5 Å². The third-order valence-corrected chi connectivity index (χ3v) is 5.95. The van der Waals surface area contributed by atoms with Crippen LogP contribution in [-0.2, 0) is 11.0 Å². The van der Waals surface area contributed by atoms with Gasteiger partial charge < -0.3 is 9.64 Å². The highest BCUT2D eigenvalue weighted by Crippen LogP contribution is 2.30. The zero-order chi connectivity index (χ0) is 21.3. The van der Waals surface area contributed by atoms with Crippen LogP contribution in [0.1, 0.15) is 13.8 Å². The molecule has 4 rings (SSSR count). The van der Waals surface area contributed by atoms with E-state index in [1.165, 1.54) is 4.31 Å². The lowest BCUT2D eigenvalue weighted by Gasteiger charge is -2.34. The van der Waals surface area contributed by atoms with E-state index >= 15 is 0 Å². The van der Waals surface area contributed by atoms with Crippen LogP contribution in [0.5, 0.6) is 5.88 Å². The fourth-order valence-corrected chi connectivity index (χ4v) is 4.12. The van der Waals surface area contributed by atoms with Crippen molar-refractivity contribution in [2.45, 2.75) is 25.7 Å². The summed E-state index contributed by atoms with van der Waals surface area (Å²) < 4.78 is 43.9. The van der Waals surface area contributed by atoms with Crippen LogP contribution in [0.15, 0.2) is 30.6 Å². The van der Waals surface area contributed by atoms with Gasteiger partial charge in [0.15, 0.2) is 11.0 Å². The molecular formula is C19H22F2N6O2S. The molecule has 3 aromatic heterocycles. The van der Waals surface area contributed by atoms with Crippen molar-refractivity contribution >= 4 is 27.7 Å². The number of hydrogen-bond donors (Lipinski definition) is 1. The molecule has 30 heavy (non-hydrogen) atoms. The predicted octanol–water partition coefficient (Wildman–Crippen LogP) is 2.82. The molecular weight excluding hydrogens is 414 g/mol. The van der Waals surface area contributed by atoms with Gasteiger partial charge in [0, 0.05) is 49.4 Å². The Morgan fingerprint density at radius 3 is 2.63 bits per heavy atom. The molecule has 1 saturated heterocycles. The smallest absolute Gasteiger partial charge is 0.325 e. The Kier molecular flexibility index (Phi) is 5.91. The van der Waals surface area contributed by atoms with Crippen molar-refractivity contribution < 1.29 is 17.7 Å². The topological polar surface area (TPSA) is 87.2 Å². The van der Waals surface area contributed by atoms with Crippen LogP contribution >= 0.6 is 0 Å². The van der Waals surface area contributed by atoms with Gasteiger partial charge in [0.2, 0.25) is 5.88 Å². The molecule has 1 aliphatic heterocycles. The number of halogens is 2. The molecule has 8 nitrogen and oxygen atoms in total. The van der Waals surface area contributed by atoms with Gasteiger partial charge >= 0.3 is 5.76 Å². The van der Waals surface area contributed by atoms with E-state index in [-0.39, 0.29) is 19.2 Å². The summed E-state index contributed by atoms with van der Waals surface area (Å²) in [6.07, 6.45) is 3.39. The lowest BCUT2D eigenvalue weighted by atomic mass is 10.1. The number of pyridine rings is 2. The quantitative estimate of drug-likeness (QED) is 0.640. The summed E-state index contributed by atoms with van der Waals surface area (Å²) in [5.41, 5.74) is 2.41. The van der Waals surface area contributed by atoms with Gasteiger partial charge in [-0.2, -0.15) is 13.9 Å². The van der Waals surface area contributed by atoms with Crippen molar-refractivity contribution in [1.29, 1.82) is 0 Å². The number of alkyl halides is 2. The number of piperazine rings is 1. The summed E-state index contributed by atoms with van der Waals surface area (Å²) in [4.78, 5) is 10.7. The molecule has 0 bridgehead atoms. The predicted molar refractivity (Wildman–Crippen MR) is 111 cm³/mol. The molecule has 4 heterocycles. The standard InChI is InChI=1S/C19H22F2N6O2S/c1-12(2)29-17-10-14-15(11-23-17)24-25-18(14)13-3-4-22-16(9-13)26-5-7-27(8-6-26)30(28)19(20)21/h3-4,9-12,19H,5-8H2,1-2H3,(H,24,25). The maximum atomic E-state index is 12.7. The Morgan fingerprint density at radius 2 is 1.93 bits per heavy atom. The van der Waals surface area contributed by atoms with Crippen LogP contribution in [0.4, 0.5) is 14.6 Å². The number of rotatable bonds is 6. The zero-order valence-electron chi connectivity index (χ0n) is 16.6. The van der Waals surface area contributed by atoms with Crippen molar-refractivity contribution in [3.05, 3.63) is 30.6 Å². The molecule has 0 saturated carbocycles. The number of nitrogens with zero attached hydrogens (tertiary/aromatic N) is 5. The van der Waals surface area contributed by atoms with Crippen molar-refractivity contribution in [2.75, 3.05) is 31.1 Å². The number of nitrogens with one attached hydrogen (secondary N) is 1. The average molecular weight is 436 g/mol. The van der Waals surface area contributed by atoms with Crippen LogP contribution in [0.2, 0.25) is 0 Å². The van der Waals surface area contributed by atoms with E-state index in [9.17, 15) is 13.0 Å². The van der Waals surface area contributed by atoms with Crippen molar-refractivity contribution in [1.82, 2.24) is 24.5 Å². The fraction of sp³-hybridized carbons (Fsp3) is 0.421. The SMILES string of the molecule is CC(C)Oc1cc2c(-c3ccnc(N4CCN(S(=O)C(F)F)CC4)c3)n[nH]c2cn1. The summed E-state index contributed by atoms with van der Waals surface area (Å²) in [5, 5.41) is 8.29. The van der Waals surface area contributed by atoms with E-state index in [1.54, 1.807) is 12.4 Å². The van der Waals surface area contributed by atoms with Crippen LogP contribution in [0.3, 0.4) is 0 Å². The summed E-state index contributed by atoms with van der Waals surface area (Å²) >= 11 is 0. The van der Waals surface area contributed by atoms with Crippen LogP contribution in [-0.4, -0.2) is 66.7 Å². The van der Waals surface area contributed by atoms with Gasteiger partial charge in [-0.3, -0.25) is 5.10 Å². The first-order chi connectivity index (χ1) is 14.4. The molecule has 0 aromatic carbocycles. The molecule has 0 spiro atoms. The number of aromatic nitrogens is 4. The van der Waals surface area contributed by atoms with Crippen LogP contribution < -0.4 is 9.64 Å². The third kappa shape index (κ3) is 4.26. The first-order valence-electron chi connectivity index (χ1n) is 9.58. The number of ether oxygens (including phenoxy) is 1. The molecule has 1 N–H and O–H groups in total. The number of H-pyrrole nitrogens is 1. The highest BCUT2D eigenvalue weighted by Gasteiger charge is 2.27. The highest BCUT2D eigenvalue weighted by atomic mass is 32.2. The van der Waals surface area contributed by atoms with E-state index in [0.717, 1.165) is 28.0 Å². The summed E-state index contributed by atoms with van der Waals surface area (Å²) in [7, 11) is -2.26. The Hall–Kier alpha value is -2.66. The minimum absolute atomic E-state index is 0.0101. The second kappa shape index (κ2) is 8.60. The molecule has 0 radical (unpaired) electrons. The Morgan fingerprint density at radius 1 is 1.17 bits per heavy atom. The minimum Gasteiger partial charge on any atom is -0.475 e. The molecule has 3 aromatic rings. The zero-order valence-corrected chi connectivity index (χ0v) is 17.4. The molecule has 0 aliphatic carbocycles. The lowest BCUT2D eigenvalue weighted by Crippen LogP contribution is -2.48. The molecule has 1 aliphatic rings. The third-order valence-electron chi connectivity index (χ3n) is 4.77. The molecule has 11 heteroatoms. The molecule has 160 valence electrons. The van der Waals surface area contributed by atoms with Gasteiger partial charge in [-0.1, -0.05) is 0 Å². The summed E-state index contributed by atoms with van der Waals surface area (Å²) in [6, 6.07) is 5.63. The number of aromatic amines is 1. The Labute approximate surface area is 174 Å². The molecule has 0 amide bonds. The maximum absolute atomic E-state index is 12.7. The summed E-state index contributed by atoms with van der Waals surface area (Å²) in [5.74, 6) is -1.61. The second-order valence-electron chi connectivity index (χ2n) is 7.16. The maximum Gasteiger partial charge on any atom is 0.325 e. The fourth-order valence-electron chi connectivity index (χ4n) is 3.37. The Bertz CT molecular complexity index is 1050. The summed E-state index contributed by atoms with van der Waals surface area (Å²) in [6.45, 7) is 5.38. The first kappa shape index (κ1) is 20.6. The van der Waals surface area contributed by atoms with E-state index < -0.39 is 16.7 Å². The van der Waals surface area contributed by atoms with Crippen molar-refractivity contribution in [3.8, 4) is 17.1 Å². The van der Waals surface area contributed by atoms with Crippen molar-refractivity contribution in [3.63, 3.8) is 0 Å². The first-order valence-corrected chi connectivity index (χ1v) is 10.8. The van der Waals surface area contributed by atoms with E-state index in [4.69, 9.17) is 4.74 Å². The molecule has 1 fully saturated rings. The number of hydrogen-bond acceptors (Lipinski definition) is 6. The van der Waals surface area contributed by atoms with Gasteiger partial charge in [-0.25, -0.2) is 18.5 Å².